The lowest BCUT2D eigenvalue weighted by Gasteiger charge is -2.37. The van der Waals surface area contributed by atoms with Crippen molar-refractivity contribution in [3.8, 4) is 0 Å². The summed E-state index contributed by atoms with van der Waals surface area (Å²) in [5.74, 6) is -0.430. The predicted octanol–water partition coefficient (Wildman–Crippen LogP) is 2.95. The quantitative estimate of drug-likeness (QED) is 0.362. The van der Waals surface area contributed by atoms with Crippen LogP contribution in [0.4, 0.5) is 0 Å². The summed E-state index contributed by atoms with van der Waals surface area (Å²) in [6, 6.07) is 9.27. The summed E-state index contributed by atoms with van der Waals surface area (Å²) in [7, 11) is 0. The highest BCUT2D eigenvalue weighted by atomic mass is 16.7. The van der Waals surface area contributed by atoms with Crippen molar-refractivity contribution in [3.05, 3.63) is 46.3 Å². The van der Waals surface area contributed by atoms with E-state index in [1.807, 2.05) is 37.3 Å². The molecule has 1 aromatic rings. The number of carbonyl (C=O) groups is 1. The maximum absolute atomic E-state index is 11.0. The molecule has 1 fully saturated rings. The first-order chi connectivity index (χ1) is 10.6. The standard InChI is InChI=1S/C15H19N3O4/c1-10-15(20-9-12-6-4-3-5-7-12)13(17-18-16)8-14(21-10)22-11(2)19/h3-7,10,13-15H,8-9H2,1-2H3/t10-,13-,14?,15-/m1/s1. The Labute approximate surface area is 128 Å². The number of nitrogens with zero attached hydrogens (tertiary/aromatic N) is 3. The average molecular weight is 305 g/mol. The van der Waals surface area contributed by atoms with Gasteiger partial charge in [0.15, 0.2) is 0 Å². The molecule has 0 spiro atoms. The van der Waals surface area contributed by atoms with Crippen molar-refractivity contribution in [2.75, 3.05) is 0 Å². The number of carbonyl (C=O) groups excluding carboxylic acids is 1. The van der Waals surface area contributed by atoms with Gasteiger partial charge in [-0.05, 0) is 18.0 Å². The van der Waals surface area contributed by atoms with Crippen molar-refractivity contribution in [1.29, 1.82) is 0 Å². The fourth-order valence-corrected chi connectivity index (χ4v) is 2.47. The van der Waals surface area contributed by atoms with Crippen molar-refractivity contribution >= 4 is 5.97 Å². The minimum Gasteiger partial charge on any atom is -0.436 e. The molecule has 118 valence electrons. The Kier molecular flexibility index (Phi) is 5.77. The van der Waals surface area contributed by atoms with Crippen molar-refractivity contribution in [3.63, 3.8) is 0 Å². The van der Waals surface area contributed by atoms with Crippen LogP contribution in [0.5, 0.6) is 0 Å². The van der Waals surface area contributed by atoms with E-state index in [2.05, 4.69) is 10.0 Å². The number of hydrogen-bond acceptors (Lipinski definition) is 5. The zero-order chi connectivity index (χ0) is 15.9. The molecule has 1 aliphatic heterocycles. The second-order valence-electron chi connectivity index (χ2n) is 5.15. The molecule has 7 nitrogen and oxygen atoms in total. The molecule has 0 aliphatic carbocycles. The zero-order valence-corrected chi connectivity index (χ0v) is 12.6. The van der Waals surface area contributed by atoms with Crippen molar-refractivity contribution in [2.45, 2.75) is 51.4 Å². The molecule has 0 saturated carbocycles. The number of azide groups is 1. The van der Waals surface area contributed by atoms with Gasteiger partial charge in [0.1, 0.15) is 0 Å². The normalized spacial score (nSPS) is 27.7. The molecule has 0 N–H and O–H groups in total. The van der Waals surface area contributed by atoms with E-state index in [1.165, 1.54) is 6.92 Å². The van der Waals surface area contributed by atoms with Crippen LogP contribution in [-0.4, -0.2) is 30.5 Å². The van der Waals surface area contributed by atoms with Crippen LogP contribution in [-0.2, 0) is 25.6 Å². The Hall–Kier alpha value is -2.08. The summed E-state index contributed by atoms with van der Waals surface area (Å²) in [4.78, 5) is 13.9. The van der Waals surface area contributed by atoms with E-state index in [-0.39, 0.29) is 18.6 Å². The van der Waals surface area contributed by atoms with Crippen LogP contribution >= 0.6 is 0 Å². The highest BCUT2D eigenvalue weighted by Gasteiger charge is 2.38. The van der Waals surface area contributed by atoms with Gasteiger partial charge < -0.3 is 14.2 Å². The van der Waals surface area contributed by atoms with Crippen molar-refractivity contribution in [1.82, 2.24) is 0 Å². The second-order valence-corrected chi connectivity index (χ2v) is 5.15. The summed E-state index contributed by atoms with van der Waals surface area (Å²) in [6.45, 7) is 3.52. The second kappa shape index (κ2) is 7.79. The fraction of sp³-hybridized carbons (Fsp3) is 0.533. The van der Waals surface area contributed by atoms with Crippen LogP contribution in [0.15, 0.2) is 35.4 Å². The van der Waals surface area contributed by atoms with E-state index in [4.69, 9.17) is 19.7 Å². The molecule has 22 heavy (non-hydrogen) atoms. The van der Waals surface area contributed by atoms with Gasteiger partial charge >= 0.3 is 5.97 Å². The van der Waals surface area contributed by atoms with Crippen molar-refractivity contribution < 1.29 is 19.0 Å². The van der Waals surface area contributed by atoms with Crippen LogP contribution in [0.2, 0.25) is 0 Å². The van der Waals surface area contributed by atoms with Gasteiger partial charge in [0, 0.05) is 18.3 Å². The number of rotatable bonds is 5. The average Bonchev–Trinajstić information content (AvgIpc) is 2.47. The van der Waals surface area contributed by atoms with E-state index < -0.39 is 18.3 Å². The van der Waals surface area contributed by atoms with Crippen LogP contribution in [0.25, 0.3) is 10.4 Å². The SMILES string of the molecule is CC(=O)OC1C[C@@H](N=[N+]=[N-])[C@H](OCc2ccccc2)[C@@H](C)O1. The lowest BCUT2D eigenvalue weighted by Crippen LogP contribution is -2.48. The molecule has 0 bridgehead atoms. The summed E-state index contributed by atoms with van der Waals surface area (Å²) in [6.07, 6.45) is -1.16. The third kappa shape index (κ3) is 4.46. The first kappa shape index (κ1) is 16.3. The van der Waals surface area contributed by atoms with Gasteiger partial charge in [-0.3, -0.25) is 4.79 Å². The minimum absolute atomic E-state index is 0.285. The summed E-state index contributed by atoms with van der Waals surface area (Å²) >= 11 is 0. The van der Waals surface area contributed by atoms with E-state index in [9.17, 15) is 4.79 Å². The zero-order valence-electron chi connectivity index (χ0n) is 12.6. The summed E-state index contributed by atoms with van der Waals surface area (Å²) in [5.41, 5.74) is 9.75. The van der Waals surface area contributed by atoms with E-state index in [0.717, 1.165) is 5.56 Å². The first-order valence-electron chi connectivity index (χ1n) is 7.12. The van der Waals surface area contributed by atoms with Gasteiger partial charge in [0.05, 0.1) is 24.9 Å². The van der Waals surface area contributed by atoms with Gasteiger partial charge in [-0.1, -0.05) is 35.4 Å². The third-order valence-corrected chi connectivity index (χ3v) is 3.42. The summed E-state index contributed by atoms with van der Waals surface area (Å²) in [5, 5.41) is 3.77. The third-order valence-electron chi connectivity index (χ3n) is 3.42. The van der Waals surface area contributed by atoms with E-state index >= 15 is 0 Å². The molecule has 0 aromatic heterocycles. The summed E-state index contributed by atoms with van der Waals surface area (Å²) < 4.78 is 16.5. The van der Waals surface area contributed by atoms with E-state index in [1.54, 1.807) is 0 Å². The molecule has 1 unspecified atom stereocenters. The van der Waals surface area contributed by atoms with Gasteiger partial charge in [-0.2, -0.15) is 0 Å². The maximum atomic E-state index is 11.0. The molecule has 1 heterocycles. The first-order valence-corrected chi connectivity index (χ1v) is 7.12. The van der Waals surface area contributed by atoms with Gasteiger partial charge in [-0.15, -0.1) is 0 Å². The Morgan fingerprint density at radius 2 is 2.18 bits per heavy atom. The maximum Gasteiger partial charge on any atom is 0.304 e. The molecule has 4 atom stereocenters. The molecular weight excluding hydrogens is 286 g/mol. The lowest BCUT2D eigenvalue weighted by molar-refractivity contribution is -0.228. The number of esters is 1. The molecule has 0 radical (unpaired) electrons. The van der Waals surface area contributed by atoms with Crippen LogP contribution in [0, 0.1) is 0 Å². The molecule has 7 heteroatoms. The molecular formula is C15H19N3O4. The highest BCUT2D eigenvalue weighted by Crippen LogP contribution is 2.27. The topological polar surface area (TPSA) is 93.5 Å². The molecule has 1 saturated heterocycles. The number of hydrogen-bond donors (Lipinski definition) is 0. The fourth-order valence-electron chi connectivity index (χ4n) is 2.47. The molecule has 2 rings (SSSR count). The Balaban J connectivity index is 2.01. The van der Waals surface area contributed by atoms with Crippen LogP contribution < -0.4 is 0 Å². The Morgan fingerprint density at radius 3 is 2.82 bits per heavy atom. The number of benzene rings is 1. The Bertz CT molecular complexity index is 545. The Morgan fingerprint density at radius 1 is 1.45 bits per heavy atom. The number of ether oxygens (including phenoxy) is 3. The van der Waals surface area contributed by atoms with Gasteiger partial charge in [0.2, 0.25) is 6.29 Å². The largest absolute Gasteiger partial charge is 0.436 e. The van der Waals surface area contributed by atoms with Crippen LogP contribution in [0.1, 0.15) is 25.8 Å². The molecule has 0 amide bonds. The highest BCUT2D eigenvalue weighted by molar-refractivity contribution is 5.66. The minimum atomic E-state index is -0.709. The van der Waals surface area contributed by atoms with Gasteiger partial charge in [0.25, 0.3) is 0 Å². The predicted molar refractivity (Wildman–Crippen MR) is 78.7 cm³/mol. The van der Waals surface area contributed by atoms with Crippen molar-refractivity contribution in [2.24, 2.45) is 5.11 Å². The molecule has 1 aliphatic rings. The van der Waals surface area contributed by atoms with Gasteiger partial charge in [-0.25, -0.2) is 0 Å². The van der Waals surface area contributed by atoms with Crippen LogP contribution in [0.3, 0.4) is 0 Å². The lowest BCUT2D eigenvalue weighted by atomic mass is 10.00. The monoisotopic (exact) mass is 305 g/mol. The molecule has 1 aromatic carbocycles. The van der Waals surface area contributed by atoms with E-state index in [0.29, 0.717) is 6.61 Å². The smallest absolute Gasteiger partial charge is 0.304 e.